The molecule has 7 heteroatoms. The molecule has 2 heterocycles. The van der Waals surface area contributed by atoms with Crippen LogP contribution in [0, 0.1) is 5.92 Å². The number of nitrogens with zero attached hydrogens (tertiary/aromatic N) is 1. The highest BCUT2D eigenvalue weighted by atomic mass is 32.2. The lowest BCUT2D eigenvalue weighted by Crippen LogP contribution is -2.32. The van der Waals surface area contributed by atoms with Gasteiger partial charge in [0.25, 0.3) is 10.0 Å². The Labute approximate surface area is 178 Å². The first-order valence-corrected chi connectivity index (χ1v) is 12.5. The zero-order valence-corrected chi connectivity index (χ0v) is 19.0. The second kappa shape index (κ2) is 9.41. The number of carbonyl (C=O) groups is 1. The number of carbonyl (C=O) groups excluding carboxylic acids is 1. The van der Waals surface area contributed by atoms with Gasteiger partial charge in [-0.1, -0.05) is 45.0 Å². The molecular formula is C22H30N2O3S2. The van der Waals surface area contributed by atoms with E-state index in [-0.39, 0.29) is 24.3 Å². The Balaban J connectivity index is 1.67. The van der Waals surface area contributed by atoms with Crippen molar-refractivity contribution in [1.82, 2.24) is 9.62 Å². The fourth-order valence-electron chi connectivity index (χ4n) is 3.63. The Morgan fingerprint density at radius 3 is 2.34 bits per heavy atom. The average Bonchev–Trinajstić information content (AvgIpc) is 3.39. The predicted molar refractivity (Wildman–Crippen MR) is 118 cm³/mol. The van der Waals surface area contributed by atoms with Crippen molar-refractivity contribution in [3.63, 3.8) is 0 Å². The van der Waals surface area contributed by atoms with Crippen LogP contribution in [0.2, 0.25) is 0 Å². The number of amides is 1. The van der Waals surface area contributed by atoms with E-state index in [0.717, 1.165) is 29.7 Å². The van der Waals surface area contributed by atoms with Crippen LogP contribution < -0.4 is 5.32 Å². The highest BCUT2D eigenvalue weighted by Crippen LogP contribution is 2.28. The molecule has 1 N–H and O–H groups in total. The van der Waals surface area contributed by atoms with E-state index >= 15 is 0 Å². The first-order valence-electron chi connectivity index (χ1n) is 10.3. The molecule has 0 spiro atoms. The molecule has 0 aliphatic carbocycles. The molecule has 0 radical (unpaired) electrons. The largest absolute Gasteiger partial charge is 0.349 e. The van der Waals surface area contributed by atoms with Crippen LogP contribution in [-0.4, -0.2) is 31.7 Å². The summed E-state index contributed by atoms with van der Waals surface area (Å²) < 4.78 is 27.2. The van der Waals surface area contributed by atoms with Crippen LogP contribution in [0.1, 0.15) is 55.7 Å². The molecule has 0 bridgehead atoms. The third-order valence-electron chi connectivity index (χ3n) is 5.36. The summed E-state index contributed by atoms with van der Waals surface area (Å²) in [6.07, 6.45) is 3.00. The highest BCUT2D eigenvalue weighted by molar-refractivity contribution is 7.91. The normalized spacial score (nSPS) is 16.3. The number of thiophene rings is 1. The number of nitrogens with one attached hydrogen (secondary N) is 1. The minimum absolute atomic E-state index is 0.0684. The quantitative estimate of drug-likeness (QED) is 0.679. The number of hydrogen-bond donors (Lipinski definition) is 1. The van der Waals surface area contributed by atoms with Gasteiger partial charge in [-0.2, -0.15) is 4.31 Å². The monoisotopic (exact) mass is 434 g/mol. The molecular weight excluding hydrogens is 404 g/mol. The Morgan fingerprint density at radius 1 is 1.10 bits per heavy atom. The van der Waals surface area contributed by atoms with Crippen LogP contribution in [0.3, 0.4) is 0 Å². The van der Waals surface area contributed by atoms with Gasteiger partial charge in [-0.15, -0.1) is 11.3 Å². The summed E-state index contributed by atoms with van der Waals surface area (Å²) in [6, 6.07) is 11.7. The van der Waals surface area contributed by atoms with Crippen molar-refractivity contribution >= 4 is 27.3 Å². The van der Waals surface area contributed by atoms with Crippen LogP contribution in [-0.2, 0) is 27.7 Å². The van der Waals surface area contributed by atoms with Gasteiger partial charge in [0, 0.05) is 18.0 Å². The lowest BCUT2D eigenvalue weighted by atomic mass is 9.94. The molecule has 1 unspecified atom stereocenters. The van der Waals surface area contributed by atoms with E-state index in [1.165, 1.54) is 21.2 Å². The number of sulfonamides is 1. The first kappa shape index (κ1) is 22.0. The standard InChI is InChI=1S/C22H30N2O3S2/c1-4-17-7-9-18(10-8-17)22(16(2)3)23-20(25)15-19-11-12-21(28-19)29(26,27)24-13-5-6-14-24/h7-12,16,22H,4-6,13-15H2,1-3H3,(H,23,25). The zero-order valence-electron chi connectivity index (χ0n) is 17.3. The molecule has 1 saturated heterocycles. The average molecular weight is 435 g/mol. The summed E-state index contributed by atoms with van der Waals surface area (Å²) in [5.41, 5.74) is 2.36. The molecule has 1 amide bonds. The molecule has 1 aromatic carbocycles. The second-order valence-corrected chi connectivity index (χ2v) is 11.2. The van der Waals surface area contributed by atoms with Gasteiger partial charge in [0.2, 0.25) is 5.91 Å². The summed E-state index contributed by atoms with van der Waals surface area (Å²) in [5.74, 6) is 0.163. The number of benzene rings is 1. The molecule has 29 heavy (non-hydrogen) atoms. The SMILES string of the molecule is CCc1ccc(C(NC(=O)Cc2ccc(S(=O)(=O)N3CCCC3)s2)C(C)C)cc1. The van der Waals surface area contributed by atoms with Gasteiger partial charge in [0.15, 0.2) is 0 Å². The molecule has 1 atom stereocenters. The highest BCUT2D eigenvalue weighted by Gasteiger charge is 2.28. The smallest absolute Gasteiger partial charge is 0.252 e. The topological polar surface area (TPSA) is 66.5 Å². The summed E-state index contributed by atoms with van der Waals surface area (Å²) in [7, 11) is -3.42. The van der Waals surface area contributed by atoms with Crippen molar-refractivity contribution in [1.29, 1.82) is 0 Å². The Hall–Kier alpha value is -1.70. The van der Waals surface area contributed by atoms with Gasteiger partial charge in [-0.3, -0.25) is 4.79 Å². The molecule has 1 aliphatic heterocycles. The van der Waals surface area contributed by atoms with Crippen LogP contribution in [0.15, 0.2) is 40.6 Å². The molecule has 1 aliphatic rings. The third-order valence-corrected chi connectivity index (χ3v) is 8.81. The third kappa shape index (κ3) is 5.27. The maximum Gasteiger partial charge on any atom is 0.252 e. The van der Waals surface area contributed by atoms with Gasteiger partial charge in [0.05, 0.1) is 12.5 Å². The zero-order chi connectivity index (χ0) is 21.0. The van der Waals surface area contributed by atoms with Gasteiger partial charge in [-0.25, -0.2) is 8.42 Å². The van der Waals surface area contributed by atoms with E-state index < -0.39 is 10.0 Å². The fraction of sp³-hybridized carbons (Fsp3) is 0.500. The summed E-state index contributed by atoms with van der Waals surface area (Å²) in [5, 5.41) is 3.13. The van der Waals surface area contributed by atoms with E-state index in [4.69, 9.17) is 0 Å². The van der Waals surface area contributed by atoms with Crippen molar-refractivity contribution in [3.8, 4) is 0 Å². The Kier molecular flexibility index (Phi) is 7.14. The second-order valence-electron chi connectivity index (χ2n) is 7.89. The van der Waals surface area contributed by atoms with Crippen molar-refractivity contribution in [2.45, 2.75) is 56.7 Å². The molecule has 2 aromatic rings. The van der Waals surface area contributed by atoms with Crippen LogP contribution in [0.5, 0.6) is 0 Å². The van der Waals surface area contributed by atoms with Crippen LogP contribution in [0.4, 0.5) is 0 Å². The molecule has 1 fully saturated rings. The Bertz CT molecular complexity index is 927. The maximum atomic E-state index is 12.7. The van der Waals surface area contributed by atoms with Crippen molar-refractivity contribution in [2.24, 2.45) is 5.92 Å². The summed E-state index contributed by atoms with van der Waals surface area (Å²) >= 11 is 1.20. The molecule has 0 saturated carbocycles. The van der Waals surface area contributed by atoms with Gasteiger partial charge < -0.3 is 5.32 Å². The lowest BCUT2D eigenvalue weighted by molar-refractivity contribution is -0.121. The first-order chi connectivity index (χ1) is 13.8. The van der Waals surface area contributed by atoms with E-state index in [0.29, 0.717) is 17.3 Å². The van der Waals surface area contributed by atoms with Gasteiger partial charge >= 0.3 is 0 Å². The van der Waals surface area contributed by atoms with Crippen molar-refractivity contribution in [3.05, 3.63) is 52.4 Å². The van der Waals surface area contributed by atoms with Gasteiger partial charge in [0.1, 0.15) is 4.21 Å². The number of aryl methyl sites for hydroxylation is 1. The molecule has 3 rings (SSSR count). The van der Waals surface area contributed by atoms with Crippen molar-refractivity contribution < 1.29 is 13.2 Å². The minimum atomic E-state index is -3.42. The molecule has 5 nitrogen and oxygen atoms in total. The maximum absolute atomic E-state index is 12.7. The molecule has 1 aromatic heterocycles. The van der Waals surface area contributed by atoms with Crippen molar-refractivity contribution in [2.75, 3.05) is 13.1 Å². The van der Waals surface area contributed by atoms with E-state index in [1.54, 1.807) is 12.1 Å². The minimum Gasteiger partial charge on any atom is -0.349 e. The molecule has 158 valence electrons. The van der Waals surface area contributed by atoms with E-state index in [9.17, 15) is 13.2 Å². The van der Waals surface area contributed by atoms with Crippen LogP contribution in [0.25, 0.3) is 0 Å². The van der Waals surface area contributed by atoms with Gasteiger partial charge in [-0.05, 0) is 48.4 Å². The Morgan fingerprint density at radius 2 is 1.76 bits per heavy atom. The lowest BCUT2D eigenvalue weighted by Gasteiger charge is -2.23. The number of hydrogen-bond acceptors (Lipinski definition) is 4. The summed E-state index contributed by atoms with van der Waals surface area (Å²) in [6.45, 7) is 7.47. The predicted octanol–water partition coefficient (Wildman–Crippen LogP) is 4.15. The van der Waals surface area contributed by atoms with E-state index in [2.05, 4.69) is 50.4 Å². The van der Waals surface area contributed by atoms with Crippen LogP contribution >= 0.6 is 11.3 Å². The number of rotatable bonds is 8. The van der Waals surface area contributed by atoms with E-state index in [1.807, 2.05) is 0 Å². The fourth-order valence-corrected chi connectivity index (χ4v) is 6.65. The summed E-state index contributed by atoms with van der Waals surface area (Å²) in [4.78, 5) is 13.4.